The van der Waals surface area contributed by atoms with Gasteiger partial charge in [-0.2, -0.15) is 0 Å². The smallest absolute Gasteiger partial charge is 0.197 e. The van der Waals surface area contributed by atoms with Crippen molar-refractivity contribution in [2.45, 2.75) is 0 Å². The van der Waals surface area contributed by atoms with Crippen LogP contribution in [-0.4, -0.2) is 17.9 Å². The second kappa shape index (κ2) is 5.35. The van der Waals surface area contributed by atoms with Crippen LogP contribution in [0.4, 0.5) is 0 Å². The molecule has 0 radical (unpaired) electrons. The highest BCUT2D eigenvalue weighted by atomic mass is 79.9. The van der Waals surface area contributed by atoms with Crippen LogP contribution in [0.25, 0.3) is 10.9 Å². The van der Waals surface area contributed by atoms with Gasteiger partial charge < -0.3 is 9.72 Å². The fourth-order valence-corrected chi connectivity index (χ4v) is 4.85. The van der Waals surface area contributed by atoms with Crippen molar-refractivity contribution in [3.8, 4) is 5.75 Å². The molecule has 0 saturated carbocycles. The average molecular weight is 415 g/mol. The predicted octanol–water partition coefficient (Wildman–Crippen LogP) is 4.99. The SMILES string of the molecule is COc1ccc2[nH]cc(C(=O)c3cc(Br)sc3Br)c2c1. The van der Waals surface area contributed by atoms with E-state index in [9.17, 15) is 4.79 Å². The second-order valence-electron chi connectivity index (χ2n) is 4.18. The van der Waals surface area contributed by atoms with Crippen LogP contribution >= 0.6 is 43.2 Å². The zero-order valence-corrected chi connectivity index (χ0v) is 14.4. The standard InChI is InChI=1S/C14H9Br2NO2S/c1-19-7-2-3-11-8(4-7)10(6-17-11)13(18)9-5-12(15)20-14(9)16/h2-6,17H,1H3. The zero-order chi connectivity index (χ0) is 14.3. The molecule has 0 unspecified atom stereocenters. The first-order chi connectivity index (χ1) is 9.60. The van der Waals surface area contributed by atoms with Crippen LogP contribution in [0.3, 0.4) is 0 Å². The molecule has 102 valence electrons. The average Bonchev–Trinajstić information content (AvgIpc) is 3.00. The molecule has 2 aromatic heterocycles. The topological polar surface area (TPSA) is 42.1 Å². The molecule has 3 aromatic rings. The number of fused-ring (bicyclic) bond motifs is 1. The highest BCUT2D eigenvalue weighted by Crippen LogP contribution is 2.34. The van der Waals surface area contributed by atoms with Gasteiger partial charge in [-0.1, -0.05) is 0 Å². The molecule has 3 rings (SSSR count). The molecule has 0 saturated heterocycles. The number of carbonyl (C=O) groups excluding carboxylic acids is 1. The summed E-state index contributed by atoms with van der Waals surface area (Å²) in [5.74, 6) is 0.718. The largest absolute Gasteiger partial charge is 0.497 e. The molecule has 2 heterocycles. The monoisotopic (exact) mass is 413 g/mol. The van der Waals surface area contributed by atoms with E-state index in [1.165, 1.54) is 11.3 Å². The summed E-state index contributed by atoms with van der Waals surface area (Å²) in [5.41, 5.74) is 2.22. The number of hydrogen-bond acceptors (Lipinski definition) is 3. The van der Waals surface area contributed by atoms with Crippen LogP contribution in [0, 0.1) is 0 Å². The molecule has 0 bridgehead atoms. The van der Waals surface area contributed by atoms with E-state index in [1.54, 1.807) is 13.3 Å². The molecular weight excluding hydrogens is 406 g/mol. The van der Waals surface area contributed by atoms with Crippen LogP contribution < -0.4 is 4.74 Å². The Morgan fingerprint density at radius 3 is 2.70 bits per heavy atom. The van der Waals surface area contributed by atoms with Gasteiger partial charge in [0.25, 0.3) is 0 Å². The molecule has 0 aliphatic carbocycles. The maximum atomic E-state index is 12.7. The number of H-pyrrole nitrogens is 1. The van der Waals surface area contributed by atoms with E-state index in [-0.39, 0.29) is 5.78 Å². The molecular formula is C14H9Br2NO2S. The number of ketones is 1. The Kier molecular flexibility index (Phi) is 3.70. The molecule has 0 amide bonds. The van der Waals surface area contributed by atoms with Crippen LogP contribution in [0.2, 0.25) is 0 Å². The summed E-state index contributed by atoms with van der Waals surface area (Å²) in [5, 5.41) is 0.864. The summed E-state index contributed by atoms with van der Waals surface area (Å²) in [6.07, 6.45) is 1.74. The highest BCUT2D eigenvalue weighted by molar-refractivity contribution is 9.12. The van der Waals surface area contributed by atoms with Crippen molar-refractivity contribution in [3.05, 3.63) is 49.2 Å². The minimum absolute atomic E-state index is 0.0154. The van der Waals surface area contributed by atoms with Crippen molar-refractivity contribution in [2.24, 2.45) is 0 Å². The summed E-state index contributed by atoms with van der Waals surface area (Å²) in [6.45, 7) is 0. The van der Waals surface area contributed by atoms with E-state index in [2.05, 4.69) is 36.8 Å². The maximum Gasteiger partial charge on any atom is 0.197 e. The van der Waals surface area contributed by atoms with E-state index < -0.39 is 0 Å². The van der Waals surface area contributed by atoms with Gasteiger partial charge in [0, 0.05) is 28.2 Å². The first kappa shape index (κ1) is 13.9. The molecule has 0 atom stereocenters. The molecule has 1 N–H and O–H groups in total. The fourth-order valence-electron chi connectivity index (χ4n) is 2.05. The summed E-state index contributed by atoms with van der Waals surface area (Å²) >= 11 is 8.31. The highest BCUT2D eigenvalue weighted by Gasteiger charge is 2.19. The van der Waals surface area contributed by atoms with Gasteiger partial charge >= 0.3 is 0 Å². The van der Waals surface area contributed by atoms with Gasteiger partial charge in [-0.05, 0) is 56.1 Å². The lowest BCUT2D eigenvalue weighted by atomic mass is 10.1. The molecule has 0 spiro atoms. The minimum atomic E-state index is -0.0154. The van der Waals surface area contributed by atoms with E-state index in [1.807, 2.05) is 24.3 Å². The Hall–Kier alpha value is -1.11. The van der Waals surface area contributed by atoms with Crippen molar-refractivity contribution in [2.75, 3.05) is 7.11 Å². The molecule has 0 aliphatic rings. The number of benzene rings is 1. The van der Waals surface area contributed by atoms with Crippen molar-refractivity contribution >= 4 is 59.9 Å². The number of carbonyl (C=O) groups is 1. The number of nitrogens with one attached hydrogen (secondary N) is 1. The molecule has 20 heavy (non-hydrogen) atoms. The number of thiophene rings is 1. The normalized spacial score (nSPS) is 10.9. The first-order valence-electron chi connectivity index (χ1n) is 5.75. The Morgan fingerprint density at radius 2 is 2.05 bits per heavy atom. The molecule has 3 nitrogen and oxygen atoms in total. The van der Waals surface area contributed by atoms with E-state index in [0.29, 0.717) is 11.1 Å². The third-order valence-electron chi connectivity index (χ3n) is 3.03. The Morgan fingerprint density at radius 1 is 1.25 bits per heavy atom. The van der Waals surface area contributed by atoms with Crippen LogP contribution in [0.5, 0.6) is 5.75 Å². The van der Waals surface area contributed by atoms with E-state index in [0.717, 1.165) is 24.2 Å². The second-order valence-corrected chi connectivity index (χ2v) is 7.93. The lowest BCUT2D eigenvalue weighted by Gasteiger charge is -2.01. The maximum absolute atomic E-state index is 12.7. The van der Waals surface area contributed by atoms with Crippen LogP contribution in [0.15, 0.2) is 38.0 Å². The van der Waals surface area contributed by atoms with Gasteiger partial charge in [0.15, 0.2) is 5.78 Å². The number of hydrogen-bond donors (Lipinski definition) is 1. The quantitative estimate of drug-likeness (QED) is 0.613. The number of halogens is 2. The predicted molar refractivity (Wildman–Crippen MR) is 88.0 cm³/mol. The minimum Gasteiger partial charge on any atom is -0.497 e. The number of aromatic amines is 1. The first-order valence-corrected chi connectivity index (χ1v) is 8.15. The van der Waals surface area contributed by atoms with Gasteiger partial charge in [0.05, 0.1) is 14.7 Å². The molecule has 0 aliphatic heterocycles. The van der Waals surface area contributed by atoms with Crippen molar-refractivity contribution in [1.82, 2.24) is 4.98 Å². The Balaban J connectivity index is 2.14. The molecule has 6 heteroatoms. The van der Waals surface area contributed by atoms with Crippen LogP contribution in [0.1, 0.15) is 15.9 Å². The van der Waals surface area contributed by atoms with Gasteiger partial charge in [-0.15, -0.1) is 11.3 Å². The van der Waals surface area contributed by atoms with Gasteiger partial charge in [0.1, 0.15) is 5.75 Å². The van der Waals surface area contributed by atoms with Gasteiger partial charge in [-0.3, -0.25) is 4.79 Å². The van der Waals surface area contributed by atoms with Gasteiger partial charge in [-0.25, -0.2) is 0 Å². The van der Waals surface area contributed by atoms with Crippen molar-refractivity contribution in [3.63, 3.8) is 0 Å². The summed E-state index contributed by atoms with van der Waals surface area (Å²) in [7, 11) is 1.61. The number of ether oxygens (including phenoxy) is 1. The number of methoxy groups -OCH3 is 1. The Labute approximate surface area is 136 Å². The third kappa shape index (κ3) is 2.32. The molecule has 1 aromatic carbocycles. The Bertz CT molecular complexity index is 807. The molecule has 0 fully saturated rings. The number of aromatic nitrogens is 1. The van der Waals surface area contributed by atoms with E-state index in [4.69, 9.17) is 4.74 Å². The lowest BCUT2D eigenvalue weighted by Crippen LogP contribution is -1.99. The van der Waals surface area contributed by atoms with Crippen LogP contribution in [-0.2, 0) is 0 Å². The van der Waals surface area contributed by atoms with E-state index >= 15 is 0 Å². The van der Waals surface area contributed by atoms with Crippen molar-refractivity contribution in [1.29, 1.82) is 0 Å². The van der Waals surface area contributed by atoms with Gasteiger partial charge in [0.2, 0.25) is 0 Å². The summed E-state index contributed by atoms with van der Waals surface area (Å²) < 4.78 is 6.97. The third-order valence-corrected chi connectivity index (χ3v) is 5.37. The fraction of sp³-hybridized carbons (Fsp3) is 0.0714. The summed E-state index contributed by atoms with van der Waals surface area (Å²) in [6, 6.07) is 7.47. The van der Waals surface area contributed by atoms with Crippen molar-refractivity contribution < 1.29 is 9.53 Å². The number of rotatable bonds is 3. The summed E-state index contributed by atoms with van der Waals surface area (Å²) in [4.78, 5) is 15.8. The zero-order valence-electron chi connectivity index (χ0n) is 10.4. The lowest BCUT2D eigenvalue weighted by molar-refractivity contribution is 0.104.